The molecule has 1 unspecified atom stereocenters. The molecule has 0 radical (unpaired) electrons. The van der Waals surface area contributed by atoms with Gasteiger partial charge in [-0.15, -0.1) is 10.2 Å². The van der Waals surface area contributed by atoms with Crippen molar-refractivity contribution in [2.45, 2.75) is 32.6 Å². The lowest BCUT2D eigenvalue weighted by molar-refractivity contribution is -0.177. The average molecular weight is 366 g/mol. The van der Waals surface area contributed by atoms with Crippen molar-refractivity contribution in [1.82, 2.24) is 20.3 Å². The third-order valence-electron chi connectivity index (χ3n) is 4.11. The summed E-state index contributed by atoms with van der Waals surface area (Å²) in [6.07, 6.45) is -4.33. The van der Waals surface area contributed by atoms with Gasteiger partial charge in [-0.1, -0.05) is 35.5 Å². The number of alkyl halides is 3. The van der Waals surface area contributed by atoms with Crippen LogP contribution in [-0.4, -0.2) is 39.5 Å². The number of nitrogens with zero attached hydrogens (tertiary/aromatic N) is 4. The molecule has 3 rings (SSSR count). The summed E-state index contributed by atoms with van der Waals surface area (Å²) in [5, 5.41) is 11.8. The normalized spacial score (nSPS) is 13.3. The minimum absolute atomic E-state index is 0.0817. The van der Waals surface area contributed by atoms with Crippen LogP contribution >= 0.6 is 0 Å². The van der Waals surface area contributed by atoms with Crippen LogP contribution < -0.4 is 0 Å². The summed E-state index contributed by atoms with van der Waals surface area (Å²) >= 11 is 0. The highest BCUT2D eigenvalue weighted by atomic mass is 19.4. The number of benzene rings is 1. The van der Waals surface area contributed by atoms with E-state index in [1.165, 1.54) is 7.05 Å². The summed E-state index contributed by atoms with van der Waals surface area (Å²) in [5.41, 5.74) is 1.87. The molecule has 1 aromatic carbocycles. The van der Waals surface area contributed by atoms with Crippen molar-refractivity contribution in [2.24, 2.45) is 0 Å². The molecule has 0 aliphatic carbocycles. The molecule has 9 heteroatoms. The number of hydrogen-bond donors (Lipinski definition) is 0. The molecule has 0 N–H and O–H groups in total. The van der Waals surface area contributed by atoms with Gasteiger partial charge in [-0.05, 0) is 20.9 Å². The molecule has 0 aliphatic rings. The Balaban J connectivity index is 1.86. The largest absolute Gasteiger partial charge is 0.419 e. The van der Waals surface area contributed by atoms with Crippen molar-refractivity contribution in [3.63, 3.8) is 0 Å². The molecule has 0 saturated carbocycles. The highest BCUT2D eigenvalue weighted by Gasteiger charge is 2.39. The molecule has 0 saturated heterocycles. The SMILES string of the molecule is Cc1onc(-c2ccccc2)c1-c1nnc(CN(C)C(C)C(F)(F)F)o1. The zero-order chi connectivity index (χ0) is 18.9. The van der Waals surface area contributed by atoms with Gasteiger partial charge < -0.3 is 8.94 Å². The maximum Gasteiger partial charge on any atom is 0.403 e. The first-order valence-corrected chi connectivity index (χ1v) is 7.88. The molecule has 1 atom stereocenters. The predicted octanol–water partition coefficient (Wildman–Crippen LogP) is 4.08. The van der Waals surface area contributed by atoms with Crippen molar-refractivity contribution in [1.29, 1.82) is 0 Å². The Hall–Kier alpha value is -2.68. The van der Waals surface area contributed by atoms with E-state index in [1.54, 1.807) is 6.92 Å². The summed E-state index contributed by atoms with van der Waals surface area (Å²) in [6, 6.07) is 7.67. The minimum Gasteiger partial charge on any atom is -0.419 e. The first-order valence-electron chi connectivity index (χ1n) is 7.88. The van der Waals surface area contributed by atoms with Gasteiger partial charge in [-0.25, -0.2) is 0 Å². The van der Waals surface area contributed by atoms with Crippen LogP contribution in [0.2, 0.25) is 0 Å². The first-order chi connectivity index (χ1) is 12.3. The molecule has 0 fully saturated rings. The van der Waals surface area contributed by atoms with Crippen LogP contribution in [0.25, 0.3) is 22.7 Å². The molecular formula is C17H17F3N4O2. The van der Waals surface area contributed by atoms with E-state index in [2.05, 4.69) is 15.4 Å². The molecule has 3 aromatic rings. The van der Waals surface area contributed by atoms with Crippen LogP contribution in [0, 0.1) is 6.92 Å². The molecule has 138 valence electrons. The van der Waals surface area contributed by atoms with Gasteiger partial charge >= 0.3 is 6.18 Å². The van der Waals surface area contributed by atoms with Crippen LogP contribution in [0.5, 0.6) is 0 Å². The Morgan fingerprint density at radius 2 is 1.85 bits per heavy atom. The number of rotatable bonds is 5. The number of aromatic nitrogens is 3. The molecule has 6 nitrogen and oxygen atoms in total. The van der Waals surface area contributed by atoms with Gasteiger partial charge in [0.05, 0.1) is 6.54 Å². The fraction of sp³-hybridized carbons (Fsp3) is 0.353. The summed E-state index contributed by atoms with van der Waals surface area (Å²) in [5.74, 6) is 0.722. The van der Waals surface area contributed by atoms with Crippen molar-refractivity contribution >= 4 is 0 Å². The van der Waals surface area contributed by atoms with E-state index in [0.717, 1.165) is 17.4 Å². The standard InChI is InChI=1S/C17H17F3N4O2/c1-10-14(15(23-26-10)12-7-5-4-6-8-12)16-22-21-13(25-16)9-24(3)11(2)17(18,19)20/h4-8,11H,9H2,1-3H3. The number of aryl methyl sites for hydroxylation is 1. The minimum atomic E-state index is -4.33. The zero-order valence-electron chi connectivity index (χ0n) is 14.4. The maximum atomic E-state index is 12.8. The Morgan fingerprint density at radius 1 is 1.15 bits per heavy atom. The lowest BCUT2D eigenvalue weighted by Crippen LogP contribution is -2.40. The first kappa shape index (κ1) is 18.1. The lowest BCUT2D eigenvalue weighted by Gasteiger charge is -2.25. The van der Waals surface area contributed by atoms with E-state index in [9.17, 15) is 13.2 Å². The summed E-state index contributed by atoms with van der Waals surface area (Å²) in [4.78, 5) is 1.09. The molecule has 0 spiro atoms. The Morgan fingerprint density at radius 3 is 2.50 bits per heavy atom. The quantitative estimate of drug-likeness (QED) is 0.678. The third kappa shape index (κ3) is 3.62. The highest BCUT2D eigenvalue weighted by Crippen LogP contribution is 2.33. The van der Waals surface area contributed by atoms with Crippen LogP contribution in [0.3, 0.4) is 0 Å². The summed E-state index contributed by atoms with van der Waals surface area (Å²) in [7, 11) is 1.35. The fourth-order valence-corrected chi connectivity index (χ4v) is 2.44. The van der Waals surface area contributed by atoms with Gasteiger partial charge in [-0.2, -0.15) is 13.2 Å². The number of hydrogen-bond acceptors (Lipinski definition) is 6. The van der Waals surface area contributed by atoms with Gasteiger partial charge in [0.1, 0.15) is 23.1 Å². The molecule has 26 heavy (non-hydrogen) atoms. The average Bonchev–Trinajstić information content (AvgIpc) is 3.20. The van der Waals surface area contributed by atoms with E-state index in [1.807, 2.05) is 30.3 Å². The van der Waals surface area contributed by atoms with Crippen molar-refractivity contribution in [2.75, 3.05) is 7.05 Å². The van der Waals surface area contributed by atoms with E-state index in [-0.39, 0.29) is 18.3 Å². The fourth-order valence-electron chi connectivity index (χ4n) is 2.44. The van der Waals surface area contributed by atoms with E-state index >= 15 is 0 Å². The highest BCUT2D eigenvalue weighted by molar-refractivity contribution is 5.77. The second-order valence-electron chi connectivity index (χ2n) is 5.96. The van der Waals surface area contributed by atoms with E-state index in [0.29, 0.717) is 17.0 Å². The van der Waals surface area contributed by atoms with Crippen LogP contribution in [0.1, 0.15) is 18.6 Å². The lowest BCUT2D eigenvalue weighted by atomic mass is 10.1. The molecule has 0 amide bonds. The van der Waals surface area contributed by atoms with E-state index < -0.39 is 12.2 Å². The summed E-state index contributed by atoms with van der Waals surface area (Å²) < 4.78 is 49.2. The maximum absolute atomic E-state index is 12.8. The smallest absolute Gasteiger partial charge is 0.403 e. The van der Waals surface area contributed by atoms with Gasteiger partial charge in [0.25, 0.3) is 5.89 Å². The predicted molar refractivity (Wildman–Crippen MR) is 87.0 cm³/mol. The molecule has 2 heterocycles. The van der Waals surface area contributed by atoms with Crippen molar-refractivity contribution < 1.29 is 22.1 Å². The van der Waals surface area contributed by atoms with Crippen LogP contribution in [0.15, 0.2) is 39.3 Å². The second-order valence-corrected chi connectivity index (χ2v) is 5.96. The zero-order valence-corrected chi connectivity index (χ0v) is 14.4. The van der Waals surface area contributed by atoms with Crippen molar-refractivity contribution in [3.05, 3.63) is 42.0 Å². The molecule has 0 aliphatic heterocycles. The Labute approximate surface area is 147 Å². The van der Waals surface area contributed by atoms with E-state index in [4.69, 9.17) is 8.94 Å². The topological polar surface area (TPSA) is 68.2 Å². The molecule has 0 bridgehead atoms. The van der Waals surface area contributed by atoms with Gasteiger partial charge in [0.15, 0.2) is 0 Å². The van der Waals surface area contributed by atoms with Gasteiger partial charge in [-0.3, -0.25) is 4.90 Å². The van der Waals surface area contributed by atoms with Crippen LogP contribution in [0.4, 0.5) is 13.2 Å². The number of halogens is 3. The summed E-state index contributed by atoms with van der Waals surface area (Å²) in [6.45, 7) is 2.66. The van der Waals surface area contributed by atoms with Crippen molar-refractivity contribution in [3.8, 4) is 22.7 Å². The monoisotopic (exact) mass is 366 g/mol. The molecular weight excluding hydrogens is 349 g/mol. The Kier molecular flexibility index (Phi) is 4.82. The molecule has 2 aromatic heterocycles. The third-order valence-corrected chi connectivity index (χ3v) is 4.11. The second kappa shape index (κ2) is 6.91. The van der Waals surface area contributed by atoms with Crippen LogP contribution in [-0.2, 0) is 6.54 Å². The van der Waals surface area contributed by atoms with Gasteiger partial charge in [0, 0.05) is 5.56 Å². The van der Waals surface area contributed by atoms with Gasteiger partial charge in [0.2, 0.25) is 5.89 Å². The Bertz CT molecular complexity index is 874.